The van der Waals surface area contributed by atoms with Crippen molar-refractivity contribution in [3.05, 3.63) is 30.5 Å². The Morgan fingerprint density at radius 3 is 2.85 bits per heavy atom. The number of fused-ring (bicyclic) bond motifs is 1. The summed E-state index contributed by atoms with van der Waals surface area (Å²) >= 11 is 0. The summed E-state index contributed by atoms with van der Waals surface area (Å²) in [5, 5.41) is 0.979. The summed E-state index contributed by atoms with van der Waals surface area (Å²) in [7, 11) is -2.90. The van der Waals surface area contributed by atoms with E-state index in [0.717, 1.165) is 23.1 Å². The molecule has 5 nitrogen and oxygen atoms in total. The summed E-state index contributed by atoms with van der Waals surface area (Å²) in [6.45, 7) is 1.27. The fourth-order valence-corrected chi connectivity index (χ4v) is 3.91. The Labute approximate surface area is 118 Å². The lowest BCUT2D eigenvalue weighted by molar-refractivity contribution is 0.597. The monoisotopic (exact) mass is 291 g/mol. The Bertz CT molecular complexity index is 743. The van der Waals surface area contributed by atoms with Crippen LogP contribution in [-0.4, -0.2) is 38.0 Å². The molecule has 0 atom stereocenters. The van der Waals surface area contributed by atoms with Gasteiger partial charge in [-0.2, -0.15) is 0 Å². The Morgan fingerprint density at radius 2 is 2.00 bits per heavy atom. The largest absolute Gasteiger partial charge is 0.397 e. The summed E-state index contributed by atoms with van der Waals surface area (Å²) < 4.78 is 23.4. The van der Waals surface area contributed by atoms with Gasteiger partial charge in [0.05, 0.1) is 22.7 Å². The van der Waals surface area contributed by atoms with Crippen LogP contribution < -0.4 is 10.6 Å². The number of hydrogen-bond donors (Lipinski definition) is 1. The van der Waals surface area contributed by atoms with Crippen LogP contribution in [0.1, 0.15) is 6.42 Å². The molecule has 0 spiro atoms. The van der Waals surface area contributed by atoms with Crippen molar-refractivity contribution in [3.63, 3.8) is 0 Å². The molecule has 2 heterocycles. The molecular weight excluding hydrogens is 274 g/mol. The molecule has 2 aromatic rings. The third-order valence-corrected chi connectivity index (χ3v) is 5.39. The lowest BCUT2D eigenvalue weighted by Gasteiger charge is -2.23. The number of nitrogens with two attached hydrogens (primary N) is 1. The van der Waals surface area contributed by atoms with E-state index in [-0.39, 0.29) is 11.5 Å². The first-order valence-electron chi connectivity index (χ1n) is 6.65. The number of para-hydroxylation sites is 1. The number of nitrogen functional groups attached to an aromatic ring is 1. The molecule has 3 rings (SSSR count). The molecular formula is C14H17N3O2S. The van der Waals surface area contributed by atoms with Crippen molar-refractivity contribution in [2.24, 2.45) is 0 Å². The number of anilines is 2. The molecule has 1 aromatic carbocycles. The standard InChI is InChI=1S/C14H17N3O2S/c15-12-4-1-3-11-13(5-6-16-14(11)12)17-7-2-9-20(18,19)10-8-17/h1,3-6H,2,7-10,15H2. The summed E-state index contributed by atoms with van der Waals surface area (Å²) in [6.07, 6.45) is 2.39. The Hall–Kier alpha value is -1.82. The molecule has 20 heavy (non-hydrogen) atoms. The van der Waals surface area contributed by atoms with Crippen molar-refractivity contribution in [2.75, 3.05) is 35.2 Å². The molecule has 0 saturated carbocycles. The highest BCUT2D eigenvalue weighted by molar-refractivity contribution is 7.91. The number of aromatic nitrogens is 1. The fourth-order valence-electron chi connectivity index (χ4n) is 2.64. The number of sulfone groups is 1. The van der Waals surface area contributed by atoms with Gasteiger partial charge in [-0.05, 0) is 18.6 Å². The van der Waals surface area contributed by atoms with Crippen LogP contribution in [0.4, 0.5) is 11.4 Å². The van der Waals surface area contributed by atoms with E-state index in [1.807, 2.05) is 24.3 Å². The maximum absolute atomic E-state index is 11.7. The van der Waals surface area contributed by atoms with Gasteiger partial charge in [0, 0.05) is 30.4 Å². The van der Waals surface area contributed by atoms with E-state index < -0.39 is 9.84 Å². The molecule has 0 bridgehead atoms. The predicted molar refractivity (Wildman–Crippen MR) is 81.6 cm³/mol. The van der Waals surface area contributed by atoms with Gasteiger partial charge in [0.2, 0.25) is 0 Å². The van der Waals surface area contributed by atoms with Gasteiger partial charge in [0.25, 0.3) is 0 Å². The van der Waals surface area contributed by atoms with Crippen LogP contribution in [-0.2, 0) is 9.84 Å². The topological polar surface area (TPSA) is 76.3 Å². The molecule has 1 saturated heterocycles. The van der Waals surface area contributed by atoms with Crippen molar-refractivity contribution in [1.29, 1.82) is 0 Å². The van der Waals surface area contributed by atoms with Gasteiger partial charge in [-0.25, -0.2) is 8.42 Å². The second-order valence-corrected chi connectivity index (χ2v) is 7.37. The molecule has 1 aromatic heterocycles. The van der Waals surface area contributed by atoms with Gasteiger partial charge in [-0.3, -0.25) is 4.98 Å². The Kier molecular flexibility index (Phi) is 3.25. The van der Waals surface area contributed by atoms with Gasteiger partial charge in [-0.15, -0.1) is 0 Å². The minimum atomic E-state index is -2.90. The molecule has 6 heteroatoms. The molecule has 0 radical (unpaired) electrons. The van der Waals surface area contributed by atoms with E-state index >= 15 is 0 Å². The number of hydrogen-bond acceptors (Lipinski definition) is 5. The van der Waals surface area contributed by atoms with Crippen molar-refractivity contribution < 1.29 is 8.42 Å². The summed E-state index contributed by atoms with van der Waals surface area (Å²) in [5.74, 6) is 0.480. The summed E-state index contributed by atoms with van der Waals surface area (Å²) in [4.78, 5) is 6.44. The van der Waals surface area contributed by atoms with Crippen LogP contribution >= 0.6 is 0 Å². The van der Waals surface area contributed by atoms with Crippen LogP contribution in [0, 0.1) is 0 Å². The minimum absolute atomic E-state index is 0.207. The van der Waals surface area contributed by atoms with Crippen LogP contribution in [0.25, 0.3) is 10.9 Å². The Morgan fingerprint density at radius 1 is 1.15 bits per heavy atom. The fraction of sp³-hybridized carbons (Fsp3) is 0.357. The molecule has 1 fully saturated rings. The minimum Gasteiger partial charge on any atom is -0.397 e. The highest BCUT2D eigenvalue weighted by Crippen LogP contribution is 2.29. The van der Waals surface area contributed by atoms with E-state index in [1.165, 1.54) is 0 Å². The Balaban J connectivity index is 2.04. The second-order valence-electron chi connectivity index (χ2n) is 5.07. The third-order valence-electron chi connectivity index (χ3n) is 3.68. The summed E-state index contributed by atoms with van der Waals surface area (Å²) in [6, 6.07) is 7.64. The lowest BCUT2D eigenvalue weighted by atomic mass is 10.1. The van der Waals surface area contributed by atoms with Crippen molar-refractivity contribution in [3.8, 4) is 0 Å². The zero-order valence-electron chi connectivity index (χ0n) is 11.1. The predicted octanol–water partition coefficient (Wildman–Crippen LogP) is 1.44. The first-order chi connectivity index (χ1) is 9.57. The van der Waals surface area contributed by atoms with Crippen molar-refractivity contribution in [1.82, 2.24) is 4.98 Å². The van der Waals surface area contributed by atoms with Crippen LogP contribution in [0.2, 0.25) is 0 Å². The molecule has 1 aliphatic heterocycles. The number of pyridine rings is 1. The first-order valence-corrected chi connectivity index (χ1v) is 8.47. The van der Waals surface area contributed by atoms with E-state index in [9.17, 15) is 8.42 Å². The number of benzene rings is 1. The highest BCUT2D eigenvalue weighted by atomic mass is 32.2. The maximum atomic E-state index is 11.7. The van der Waals surface area contributed by atoms with Gasteiger partial charge in [0.1, 0.15) is 0 Å². The first kappa shape index (κ1) is 13.2. The zero-order valence-corrected chi connectivity index (χ0v) is 11.9. The molecule has 106 valence electrons. The summed E-state index contributed by atoms with van der Waals surface area (Å²) in [5.41, 5.74) is 8.39. The average Bonchev–Trinajstić information content (AvgIpc) is 2.60. The smallest absolute Gasteiger partial charge is 0.152 e. The van der Waals surface area contributed by atoms with E-state index in [1.54, 1.807) is 6.20 Å². The van der Waals surface area contributed by atoms with Crippen LogP contribution in [0.5, 0.6) is 0 Å². The normalized spacial score (nSPS) is 18.9. The van der Waals surface area contributed by atoms with Crippen molar-refractivity contribution in [2.45, 2.75) is 6.42 Å². The lowest BCUT2D eigenvalue weighted by Crippen LogP contribution is -2.26. The molecule has 2 N–H and O–H groups in total. The number of rotatable bonds is 1. The quantitative estimate of drug-likeness (QED) is 0.805. The van der Waals surface area contributed by atoms with Crippen LogP contribution in [0.15, 0.2) is 30.5 Å². The van der Waals surface area contributed by atoms with E-state index in [4.69, 9.17) is 5.73 Å². The van der Waals surface area contributed by atoms with Gasteiger partial charge >= 0.3 is 0 Å². The van der Waals surface area contributed by atoms with Gasteiger partial charge < -0.3 is 10.6 Å². The number of nitrogens with zero attached hydrogens (tertiary/aromatic N) is 2. The molecule has 0 amide bonds. The SMILES string of the molecule is Nc1cccc2c(N3CCCS(=O)(=O)CC3)ccnc12. The van der Waals surface area contributed by atoms with Crippen LogP contribution in [0.3, 0.4) is 0 Å². The van der Waals surface area contributed by atoms with E-state index in [2.05, 4.69) is 9.88 Å². The van der Waals surface area contributed by atoms with E-state index in [0.29, 0.717) is 18.7 Å². The highest BCUT2D eigenvalue weighted by Gasteiger charge is 2.20. The van der Waals surface area contributed by atoms with Gasteiger partial charge in [0.15, 0.2) is 9.84 Å². The molecule has 0 unspecified atom stereocenters. The zero-order chi connectivity index (χ0) is 14.2. The second kappa shape index (κ2) is 4.94. The van der Waals surface area contributed by atoms with Gasteiger partial charge in [-0.1, -0.05) is 12.1 Å². The molecule has 1 aliphatic rings. The maximum Gasteiger partial charge on any atom is 0.152 e. The molecule has 0 aliphatic carbocycles. The average molecular weight is 291 g/mol. The van der Waals surface area contributed by atoms with Crippen molar-refractivity contribution >= 4 is 32.1 Å². The third kappa shape index (κ3) is 2.43.